The maximum absolute atomic E-state index is 12.7. The van der Waals surface area contributed by atoms with Gasteiger partial charge in [0.15, 0.2) is 0 Å². The summed E-state index contributed by atoms with van der Waals surface area (Å²) in [7, 11) is 1.91. The molecule has 6 nitrogen and oxygen atoms in total. The van der Waals surface area contributed by atoms with E-state index in [4.69, 9.17) is 0 Å². The molecule has 0 saturated carbocycles. The molecule has 0 bridgehead atoms. The van der Waals surface area contributed by atoms with Crippen molar-refractivity contribution >= 4 is 11.7 Å². The number of hydrogen-bond donors (Lipinski definition) is 1. The van der Waals surface area contributed by atoms with Crippen LogP contribution >= 0.6 is 0 Å². The number of anilines is 1. The molecule has 1 fully saturated rings. The normalized spacial score (nSPS) is 16.7. The highest BCUT2D eigenvalue weighted by Crippen LogP contribution is 2.29. The van der Waals surface area contributed by atoms with Crippen LogP contribution in [0.2, 0.25) is 0 Å². The molecule has 1 N–H and O–H groups in total. The SMILES string of the molecule is Cn1cc([C@H]2CCN(C(=O)Nc3cccnc3-c3ccccc3)C2)cn1. The van der Waals surface area contributed by atoms with E-state index in [-0.39, 0.29) is 6.03 Å². The van der Waals surface area contributed by atoms with Crippen molar-refractivity contribution in [2.24, 2.45) is 7.05 Å². The molecule has 2 aromatic heterocycles. The number of carbonyl (C=O) groups is 1. The van der Waals surface area contributed by atoms with Crippen LogP contribution in [0.4, 0.5) is 10.5 Å². The predicted molar refractivity (Wildman–Crippen MR) is 101 cm³/mol. The molecule has 132 valence electrons. The Morgan fingerprint density at radius 2 is 2.04 bits per heavy atom. The smallest absolute Gasteiger partial charge is 0.321 e. The Hall–Kier alpha value is -3.15. The molecule has 3 aromatic rings. The molecule has 1 saturated heterocycles. The monoisotopic (exact) mass is 347 g/mol. The van der Waals surface area contributed by atoms with Crippen LogP contribution in [0.1, 0.15) is 17.9 Å². The van der Waals surface area contributed by atoms with Gasteiger partial charge in [-0.2, -0.15) is 5.10 Å². The second kappa shape index (κ2) is 7.00. The number of benzene rings is 1. The first-order valence-electron chi connectivity index (χ1n) is 8.75. The lowest BCUT2D eigenvalue weighted by molar-refractivity contribution is 0.222. The van der Waals surface area contributed by atoms with Gasteiger partial charge < -0.3 is 10.2 Å². The van der Waals surface area contributed by atoms with Gasteiger partial charge in [0.1, 0.15) is 0 Å². The Morgan fingerprint density at radius 3 is 2.81 bits per heavy atom. The van der Waals surface area contributed by atoms with E-state index in [9.17, 15) is 4.79 Å². The number of aryl methyl sites for hydroxylation is 1. The third kappa shape index (κ3) is 3.31. The molecule has 1 atom stereocenters. The van der Waals surface area contributed by atoms with Crippen LogP contribution in [-0.2, 0) is 7.05 Å². The molecule has 1 aromatic carbocycles. The van der Waals surface area contributed by atoms with Crippen molar-refractivity contribution < 1.29 is 4.79 Å². The summed E-state index contributed by atoms with van der Waals surface area (Å²) in [4.78, 5) is 19.1. The van der Waals surface area contributed by atoms with E-state index in [1.807, 2.05) is 66.8 Å². The van der Waals surface area contributed by atoms with E-state index in [2.05, 4.69) is 15.4 Å². The van der Waals surface area contributed by atoms with Crippen molar-refractivity contribution in [2.75, 3.05) is 18.4 Å². The van der Waals surface area contributed by atoms with Gasteiger partial charge in [-0.15, -0.1) is 0 Å². The number of pyridine rings is 1. The molecule has 1 aliphatic rings. The molecule has 6 heteroatoms. The Balaban J connectivity index is 1.48. The minimum atomic E-state index is -0.0819. The molecule has 0 aliphatic carbocycles. The third-order valence-electron chi connectivity index (χ3n) is 4.77. The molecule has 1 aliphatic heterocycles. The average molecular weight is 347 g/mol. The number of carbonyl (C=O) groups excluding carboxylic acids is 1. The number of hydrogen-bond acceptors (Lipinski definition) is 3. The zero-order valence-corrected chi connectivity index (χ0v) is 14.7. The van der Waals surface area contributed by atoms with E-state index < -0.39 is 0 Å². The average Bonchev–Trinajstić information content (AvgIpc) is 3.32. The Bertz CT molecular complexity index is 905. The Kier molecular flexibility index (Phi) is 4.39. The number of aromatic nitrogens is 3. The zero-order valence-electron chi connectivity index (χ0n) is 14.7. The summed E-state index contributed by atoms with van der Waals surface area (Å²) in [5.74, 6) is 0.344. The van der Waals surface area contributed by atoms with Gasteiger partial charge in [0.2, 0.25) is 0 Å². The summed E-state index contributed by atoms with van der Waals surface area (Å²) < 4.78 is 1.81. The van der Waals surface area contributed by atoms with Crippen molar-refractivity contribution in [1.82, 2.24) is 19.7 Å². The molecule has 0 unspecified atom stereocenters. The standard InChI is InChI=1S/C20H21N5O/c1-24-13-17(12-22-24)16-9-11-25(14-16)20(26)23-18-8-5-10-21-19(18)15-6-3-2-4-7-15/h2-8,10,12-13,16H,9,11,14H2,1H3,(H,23,26)/t16-/m0/s1. The van der Waals surface area contributed by atoms with E-state index in [1.54, 1.807) is 10.9 Å². The second-order valence-electron chi connectivity index (χ2n) is 6.57. The van der Waals surface area contributed by atoms with Crippen molar-refractivity contribution in [2.45, 2.75) is 12.3 Å². The second-order valence-corrected chi connectivity index (χ2v) is 6.57. The largest absolute Gasteiger partial charge is 0.324 e. The van der Waals surface area contributed by atoms with Crippen molar-refractivity contribution in [3.63, 3.8) is 0 Å². The van der Waals surface area contributed by atoms with Crippen LogP contribution in [-0.4, -0.2) is 38.8 Å². The first kappa shape index (κ1) is 16.3. The maximum atomic E-state index is 12.7. The van der Waals surface area contributed by atoms with Crippen LogP contribution in [0.15, 0.2) is 61.1 Å². The van der Waals surface area contributed by atoms with Crippen LogP contribution in [0.3, 0.4) is 0 Å². The van der Waals surface area contributed by atoms with Crippen LogP contribution in [0.5, 0.6) is 0 Å². The summed E-state index contributed by atoms with van der Waals surface area (Å²) in [5.41, 5.74) is 3.69. The van der Waals surface area contributed by atoms with Gasteiger partial charge in [0, 0.05) is 44.0 Å². The number of urea groups is 1. The summed E-state index contributed by atoms with van der Waals surface area (Å²) in [5, 5.41) is 7.27. The molecule has 3 heterocycles. The molecule has 0 spiro atoms. The topological polar surface area (TPSA) is 63.1 Å². The van der Waals surface area contributed by atoms with E-state index in [1.165, 1.54) is 5.56 Å². The highest BCUT2D eigenvalue weighted by atomic mass is 16.2. The summed E-state index contributed by atoms with van der Waals surface area (Å²) in [6, 6.07) is 13.5. The lowest BCUT2D eigenvalue weighted by Crippen LogP contribution is -2.33. The highest BCUT2D eigenvalue weighted by molar-refractivity contribution is 5.93. The fraction of sp³-hybridized carbons (Fsp3) is 0.250. The Morgan fingerprint density at radius 1 is 1.19 bits per heavy atom. The highest BCUT2D eigenvalue weighted by Gasteiger charge is 2.28. The van der Waals surface area contributed by atoms with Crippen molar-refractivity contribution in [1.29, 1.82) is 0 Å². The number of likely N-dealkylation sites (tertiary alicyclic amines) is 1. The van der Waals surface area contributed by atoms with Gasteiger partial charge in [0.25, 0.3) is 0 Å². The molecule has 0 radical (unpaired) electrons. The lowest BCUT2D eigenvalue weighted by Gasteiger charge is -2.18. The molecule has 26 heavy (non-hydrogen) atoms. The Labute approximate surface area is 152 Å². The van der Waals surface area contributed by atoms with Gasteiger partial charge in [-0.1, -0.05) is 30.3 Å². The first-order chi connectivity index (χ1) is 12.7. The summed E-state index contributed by atoms with van der Waals surface area (Å²) in [6.07, 6.45) is 6.62. The number of rotatable bonds is 3. The molecular formula is C20H21N5O. The number of nitrogens with one attached hydrogen (secondary N) is 1. The number of nitrogens with zero attached hydrogens (tertiary/aromatic N) is 4. The molecule has 2 amide bonds. The van der Waals surface area contributed by atoms with Crippen LogP contribution in [0.25, 0.3) is 11.3 Å². The quantitative estimate of drug-likeness (QED) is 0.789. The maximum Gasteiger partial charge on any atom is 0.321 e. The lowest BCUT2D eigenvalue weighted by atomic mass is 10.0. The van der Waals surface area contributed by atoms with Gasteiger partial charge in [-0.25, -0.2) is 4.79 Å². The van der Waals surface area contributed by atoms with Crippen molar-refractivity contribution in [3.05, 3.63) is 66.6 Å². The predicted octanol–water partition coefficient (Wildman–Crippen LogP) is 3.50. The fourth-order valence-corrected chi connectivity index (χ4v) is 3.39. The van der Waals surface area contributed by atoms with Gasteiger partial charge >= 0.3 is 6.03 Å². The number of amides is 2. The molecular weight excluding hydrogens is 326 g/mol. The minimum absolute atomic E-state index is 0.0819. The third-order valence-corrected chi connectivity index (χ3v) is 4.77. The minimum Gasteiger partial charge on any atom is -0.324 e. The van der Waals surface area contributed by atoms with Gasteiger partial charge in [-0.3, -0.25) is 9.67 Å². The zero-order chi connectivity index (χ0) is 17.9. The van der Waals surface area contributed by atoms with Crippen LogP contribution < -0.4 is 5.32 Å². The first-order valence-corrected chi connectivity index (χ1v) is 8.75. The fourth-order valence-electron chi connectivity index (χ4n) is 3.39. The van der Waals surface area contributed by atoms with Crippen LogP contribution in [0, 0.1) is 0 Å². The summed E-state index contributed by atoms with van der Waals surface area (Å²) in [6.45, 7) is 1.45. The van der Waals surface area contributed by atoms with Gasteiger partial charge in [-0.05, 0) is 24.1 Å². The van der Waals surface area contributed by atoms with E-state index in [0.717, 1.165) is 29.9 Å². The van der Waals surface area contributed by atoms with Crippen molar-refractivity contribution in [3.8, 4) is 11.3 Å². The van der Waals surface area contributed by atoms with Gasteiger partial charge in [0.05, 0.1) is 17.6 Å². The van der Waals surface area contributed by atoms with E-state index in [0.29, 0.717) is 12.5 Å². The summed E-state index contributed by atoms with van der Waals surface area (Å²) >= 11 is 0. The van der Waals surface area contributed by atoms with E-state index >= 15 is 0 Å². The molecule has 4 rings (SSSR count).